The Hall–Kier alpha value is -1.16. The number of benzene rings is 2. The summed E-state index contributed by atoms with van der Waals surface area (Å²) >= 11 is 13.6. The minimum atomic E-state index is 0.0313. The lowest BCUT2D eigenvalue weighted by atomic mass is 10.1. The summed E-state index contributed by atoms with van der Waals surface area (Å²) in [6.07, 6.45) is 0.503. The minimum absolute atomic E-state index is 0.0313. The lowest BCUT2D eigenvalue weighted by Gasteiger charge is -2.14. The molecule has 1 amide bonds. The van der Waals surface area contributed by atoms with Crippen molar-refractivity contribution in [1.29, 1.82) is 0 Å². The Labute approximate surface area is 151 Å². The fourth-order valence-corrected chi connectivity index (χ4v) is 3.33. The van der Waals surface area contributed by atoms with Gasteiger partial charge in [-0.3, -0.25) is 4.79 Å². The van der Waals surface area contributed by atoms with Crippen molar-refractivity contribution in [2.45, 2.75) is 25.1 Å². The maximum Gasteiger partial charge on any atom is 0.221 e. The molecule has 1 N–H and O–H groups in total. The van der Waals surface area contributed by atoms with Crippen LogP contribution in [0, 0.1) is 0 Å². The van der Waals surface area contributed by atoms with Crippen LogP contribution in [0.2, 0.25) is 10.0 Å². The average molecular weight is 368 g/mol. The predicted octanol–water partition coefficient (Wildman–Crippen LogP) is 5.49. The molecule has 2 nitrogen and oxygen atoms in total. The fourth-order valence-electron chi connectivity index (χ4n) is 2.12. The number of carbonyl (C=O) groups excluding carboxylic acids is 1. The van der Waals surface area contributed by atoms with Crippen molar-refractivity contribution in [1.82, 2.24) is 5.32 Å². The molecule has 23 heavy (non-hydrogen) atoms. The van der Waals surface area contributed by atoms with E-state index in [0.29, 0.717) is 16.5 Å². The lowest BCUT2D eigenvalue weighted by Crippen LogP contribution is -2.26. The summed E-state index contributed by atoms with van der Waals surface area (Å²) in [6, 6.07) is 15.6. The van der Waals surface area contributed by atoms with E-state index in [2.05, 4.69) is 5.32 Å². The summed E-state index contributed by atoms with van der Waals surface area (Å²) in [5.41, 5.74) is 2.23. The quantitative estimate of drug-likeness (QED) is 0.655. The summed E-state index contributed by atoms with van der Waals surface area (Å²) in [5.74, 6) is 1.66. The zero-order valence-corrected chi connectivity index (χ0v) is 15.2. The number of hydrogen-bond acceptors (Lipinski definition) is 2. The summed E-state index contributed by atoms with van der Waals surface area (Å²) in [5, 5.41) is 4.15. The van der Waals surface area contributed by atoms with Crippen LogP contribution >= 0.6 is 35.0 Å². The van der Waals surface area contributed by atoms with Gasteiger partial charge in [0, 0.05) is 17.9 Å². The molecule has 0 aromatic heterocycles. The molecule has 0 bridgehead atoms. The Morgan fingerprint density at radius 1 is 1.13 bits per heavy atom. The largest absolute Gasteiger partial charge is 0.350 e. The molecule has 122 valence electrons. The highest BCUT2D eigenvalue weighted by atomic mass is 35.5. The smallest absolute Gasteiger partial charge is 0.221 e. The van der Waals surface area contributed by atoms with Crippen LogP contribution < -0.4 is 5.32 Å². The lowest BCUT2D eigenvalue weighted by molar-refractivity contribution is -0.121. The topological polar surface area (TPSA) is 29.1 Å². The van der Waals surface area contributed by atoms with E-state index in [1.807, 2.05) is 49.4 Å². The van der Waals surface area contributed by atoms with Gasteiger partial charge in [-0.05, 0) is 30.2 Å². The van der Waals surface area contributed by atoms with Crippen LogP contribution in [-0.4, -0.2) is 11.7 Å². The molecule has 0 fully saturated rings. The molecule has 5 heteroatoms. The van der Waals surface area contributed by atoms with Crippen LogP contribution in [0.25, 0.3) is 0 Å². The zero-order chi connectivity index (χ0) is 16.7. The summed E-state index contributed by atoms with van der Waals surface area (Å²) in [7, 11) is 0. The Balaban J connectivity index is 1.69. The first kappa shape index (κ1) is 18.2. The minimum Gasteiger partial charge on any atom is -0.350 e. The Morgan fingerprint density at radius 3 is 2.57 bits per heavy atom. The first-order valence-electron chi connectivity index (χ1n) is 7.42. The highest BCUT2D eigenvalue weighted by Crippen LogP contribution is 2.24. The molecule has 0 aliphatic carbocycles. The second kappa shape index (κ2) is 9.21. The van der Waals surface area contributed by atoms with E-state index in [4.69, 9.17) is 23.2 Å². The van der Waals surface area contributed by atoms with E-state index in [-0.39, 0.29) is 11.9 Å². The highest BCUT2D eigenvalue weighted by Gasteiger charge is 2.09. The molecule has 0 aliphatic heterocycles. The van der Waals surface area contributed by atoms with E-state index >= 15 is 0 Å². The number of carbonyl (C=O) groups is 1. The Morgan fingerprint density at radius 2 is 1.87 bits per heavy atom. The maximum absolute atomic E-state index is 12.0. The molecule has 0 unspecified atom stereocenters. The van der Waals surface area contributed by atoms with E-state index < -0.39 is 0 Å². The van der Waals surface area contributed by atoms with Crippen LogP contribution in [-0.2, 0) is 10.5 Å². The molecule has 0 saturated carbocycles. The fraction of sp³-hybridized carbons (Fsp3) is 0.278. The highest BCUT2D eigenvalue weighted by molar-refractivity contribution is 7.98. The van der Waals surface area contributed by atoms with Gasteiger partial charge < -0.3 is 5.32 Å². The molecule has 0 radical (unpaired) electrons. The van der Waals surface area contributed by atoms with Crippen molar-refractivity contribution in [2.75, 3.05) is 5.75 Å². The number of rotatable bonds is 7. The first-order chi connectivity index (χ1) is 11.1. The molecule has 0 aliphatic rings. The zero-order valence-electron chi connectivity index (χ0n) is 12.9. The van der Waals surface area contributed by atoms with Gasteiger partial charge >= 0.3 is 0 Å². The van der Waals surface area contributed by atoms with Gasteiger partial charge in [0.2, 0.25) is 5.91 Å². The van der Waals surface area contributed by atoms with E-state index in [0.717, 1.165) is 22.6 Å². The molecule has 0 saturated heterocycles. The molecule has 0 heterocycles. The van der Waals surface area contributed by atoms with Gasteiger partial charge in [-0.15, -0.1) is 0 Å². The van der Waals surface area contributed by atoms with Crippen molar-refractivity contribution in [3.05, 3.63) is 69.7 Å². The molecule has 2 aromatic rings. The van der Waals surface area contributed by atoms with Gasteiger partial charge in [-0.1, -0.05) is 59.6 Å². The van der Waals surface area contributed by atoms with Gasteiger partial charge in [-0.25, -0.2) is 0 Å². The van der Waals surface area contributed by atoms with E-state index in [9.17, 15) is 4.79 Å². The van der Waals surface area contributed by atoms with E-state index in [1.165, 1.54) is 0 Å². The second-order valence-corrected chi connectivity index (χ2v) is 7.17. The van der Waals surface area contributed by atoms with Crippen molar-refractivity contribution in [2.24, 2.45) is 0 Å². The van der Waals surface area contributed by atoms with Gasteiger partial charge in [0.1, 0.15) is 0 Å². The van der Waals surface area contributed by atoms with Crippen LogP contribution in [0.1, 0.15) is 30.5 Å². The number of thioether (sulfide) groups is 1. The third kappa shape index (κ3) is 6.09. The molecule has 2 aromatic carbocycles. The van der Waals surface area contributed by atoms with Crippen LogP contribution in [0.5, 0.6) is 0 Å². The molecule has 0 spiro atoms. The molecular weight excluding hydrogens is 349 g/mol. The molecule has 2 rings (SSSR count). The van der Waals surface area contributed by atoms with Gasteiger partial charge in [0.25, 0.3) is 0 Å². The summed E-state index contributed by atoms with van der Waals surface area (Å²) < 4.78 is 0. The Bertz CT molecular complexity index is 649. The third-order valence-corrected chi connectivity index (χ3v) is 5.17. The second-order valence-electron chi connectivity index (χ2n) is 5.25. The number of hydrogen-bond donors (Lipinski definition) is 1. The predicted molar refractivity (Wildman–Crippen MR) is 100 cm³/mol. The van der Waals surface area contributed by atoms with Crippen molar-refractivity contribution < 1.29 is 4.79 Å². The van der Waals surface area contributed by atoms with Crippen molar-refractivity contribution in [3.8, 4) is 0 Å². The normalized spacial score (nSPS) is 12.0. The Kier molecular flexibility index (Phi) is 7.28. The SMILES string of the molecule is C[C@H](NC(=O)CCSCc1ccc(Cl)c(Cl)c1)c1ccccc1. The van der Waals surface area contributed by atoms with Gasteiger partial charge in [0.05, 0.1) is 16.1 Å². The maximum atomic E-state index is 12.0. The van der Waals surface area contributed by atoms with Crippen molar-refractivity contribution in [3.63, 3.8) is 0 Å². The average Bonchev–Trinajstić information content (AvgIpc) is 2.55. The standard InChI is InChI=1S/C18H19Cl2NOS/c1-13(15-5-3-2-4-6-15)21-18(22)9-10-23-12-14-7-8-16(19)17(20)11-14/h2-8,11,13H,9-10,12H2,1H3,(H,21,22)/t13-/m0/s1. The van der Waals surface area contributed by atoms with Gasteiger partial charge in [-0.2, -0.15) is 11.8 Å². The van der Waals surface area contributed by atoms with E-state index in [1.54, 1.807) is 17.8 Å². The van der Waals surface area contributed by atoms with Crippen LogP contribution in [0.3, 0.4) is 0 Å². The van der Waals surface area contributed by atoms with Crippen LogP contribution in [0.15, 0.2) is 48.5 Å². The summed E-state index contributed by atoms with van der Waals surface area (Å²) in [6.45, 7) is 2.00. The number of nitrogens with one attached hydrogen (secondary N) is 1. The summed E-state index contributed by atoms with van der Waals surface area (Å²) in [4.78, 5) is 12.0. The monoisotopic (exact) mass is 367 g/mol. The molecular formula is C18H19Cl2NOS. The van der Waals surface area contributed by atoms with Gasteiger partial charge in [0.15, 0.2) is 0 Å². The number of amides is 1. The van der Waals surface area contributed by atoms with Crippen LogP contribution in [0.4, 0.5) is 0 Å². The van der Waals surface area contributed by atoms with Crippen molar-refractivity contribution >= 4 is 40.9 Å². The number of halogens is 2. The first-order valence-corrected chi connectivity index (χ1v) is 9.33. The third-order valence-electron chi connectivity index (χ3n) is 3.40. The molecule has 1 atom stereocenters.